The number of fused-ring (bicyclic) bond motifs is 1. The molecule has 26 heavy (non-hydrogen) atoms. The van der Waals surface area contributed by atoms with Crippen molar-refractivity contribution in [1.29, 1.82) is 0 Å². The molecule has 4 rings (SSSR count). The van der Waals surface area contributed by atoms with Crippen LogP contribution in [0.15, 0.2) is 34.8 Å². The van der Waals surface area contributed by atoms with Crippen molar-refractivity contribution in [3.63, 3.8) is 0 Å². The molecule has 8 heteroatoms. The Kier molecular flexibility index (Phi) is 4.94. The molecule has 0 unspecified atom stereocenters. The third-order valence-corrected chi connectivity index (χ3v) is 6.23. The first-order valence-corrected chi connectivity index (χ1v) is 10.2. The largest absolute Gasteiger partial charge is 0.346 e. The van der Waals surface area contributed by atoms with Gasteiger partial charge in [-0.1, -0.05) is 6.42 Å². The zero-order valence-electron chi connectivity index (χ0n) is 14.1. The van der Waals surface area contributed by atoms with E-state index < -0.39 is 0 Å². The summed E-state index contributed by atoms with van der Waals surface area (Å²) in [6.07, 6.45) is 5.27. The highest BCUT2D eigenvalue weighted by atomic mass is 32.1. The van der Waals surface area contributed by atoms with Crippen molar-refractivity contribution < 1.29 is 4.79 Å². The number of aliphatic imine (C=N–C) groups is 1. The molecule has 1 aromatic carbocycles. The first-order chi connectivity index (χ1) is 12.7. The maximum atomic E-state index is 12.7. The summed E-state index contributed by atoms with van der Waals surface area (Å²) in [7, 11) is 0. The number of amides is 1. The van der Waals surface area contributed by atoms with Crippen LogP contribution in [0.2, 0.25) is 0 Å². The van der Waals surface area contributed by atoms with Gasteiger partial charge in [0.05, 0.1) is 17.3 Å². The van der Waals surface area contributed by atoms with Crippen LogP contribution in [0.1, 0.15) is 29.8 Å². The number of nitrogens with zero attached hydrogens (tertiary/aromatic N) is 3. The Morgan fingerprint density at radius 2 is 2.31 bits per heavy atom. The highest BCUT2D eigenvalue weighted by Crippen LogP contribution is 2.31. The molecule has 0 spiro atoms. The number of hydrogen-bond donors (Lipinski definition) is 2. The van der Waals surface area contributed by atoms with Gasteiger partial charge in [0.2, 0.25) is 0 Å². The molecule has 1 aliphatic carbocycles. The number of aromatic nitrogens is 2. The molecule has 0 radical (unpaired) electrons. The second kappa shape index (κ2) is 7.51. The quantitative estimate of drug-likeness (QED) is 0.600. The van der Waals surface area contributed by atoms with Crippen LogP contribution >= 0.6 is 22.9 Å². The van der Waals surface area contributed by atoms with E-state index in [2.05, 4.69) is 31.7 Å². The standard InChI is InChI=1S/C18H19N5OS2/c1-19-10-14(11-3-2-4-11)22-17(24)16-13-6-5-12(9-15(13)26-23-16)21-18-20-7-8-25-18/h5-9,11,14H,1-4,10H2,(H,20,21)(H,22,24)/t14-/m1/s1. The minimum absolute atomic E-state index is 0.0522. The molecular formula is C18H19N5OS2. The van der Waals surface area contributed by atoms with Crippen molar-refractivity contribution in [2.45, 2.75) is 25.3 Å². The zero-order valence-corrected chi connectivity index (χ0v) is 15.8. The molecule has 1 amide bonds. The van der Waals surface area contributed by atoms with E-state index in [1.54, 1.807) is 17.5 Å². The highest BCUT2D eigenvalue weighted by molar-refractivity contribution is 7.14. The predicted octanol–water partition coefficient (Wildman–Crippen LogP) is 4.10. The lowest BCUT2D eigenvalue weighted by Crippen LogP contribution is -2.45. The molecule has 0 saturated heterocycles. The Balaban J connectivity index is 1.52. The summed E-state index contributed by atoms with van der Waals surface area (Å²) in [6, 6.07) is 5.94. The van der Waals surface area contributed by atoms with E-state index >= 15 is 0 Å². The molecule has 1 saturated carbocycles. The third-order valence-electron chi connectivity index (χ3n) is 4.73. The summed E-state index contributed by atoms with van der Waals surface area (Å²) in [5.74, 6) is 0.376. The van der Waals surface area contributed by atoms with Gasteiger partial charge >= 0.3 is 0 Å². The normalized spacial score (nSPS) is 15.4. The molecule has 6 nitrogen and oxygen atoms in total. The monoisotopic (exact) mass is 385 g/mol. The maximum absolute atomic E-state index is 12.7. The fourth-order valence-electron chi connectivity index (χ4n) is 3.12. The van der Waals surface area contributed by atoms with Crippen LogP contribution in [0.5, 0.6) is 0 Å². The average Bonchev–Trinajstić information content (AvgIpc) is 3.22. The minimum Gasteiger partial charge on any atom is -0.346 e. The van der Waals surface area contributed by atoms with Crippen LogP contribution in [0, 0.1) is 5.92 Å². The molecule has 0 aliphatic heterocycles. The molecule has 3 aromatic rings. The predicted molar refractivity (Wildman–Crippen MR) is 108 cm³/mol. The molecule has 134 valence electrons. The van der Waals surface area contributed by atoms with Gasteiger partial charge in [0.15, 0.2) is 5.13 Å². The number of rotatable bonds is 7. The molecule has 2 N–H and O–H groups in total. The number of nitrogens with one attached hydrogen (secondary N) is 2. The summed E-state index contributed by atoms with van der Waals surface area (Å²) in [5.41, 5.74) is 1.42. The van der Waals surface area contributed by atoms with Crippen molar-refractivity contribution in [2.24, 2.45) is 10.9 Å². The maximum Gasteiger partial charge on any atom is 0.271 e. The van der Waals surface area contributed by atoms with Gasteiger partial charge < -0.3 is 10.6 Å². The first-order valence-electron chi connectivity index (χ1n) is 8.54. The highest BCUT2D eigenvalue weighted by Gasteiger charge is 2.29. The third kappa shape index (κ3) is 3.47. The second-order valence-corrected chi connectivity index (χ2v) is 8.08. The smallest absolute Gasteiger partial charge is 0.271 e. The lowest BCUT2D eigenvalue weighted by molar-refractivity contribution is 0.0902. The number of anilines is 2. The van der Waals surface area contributed by atoms with E-state index in [0.717, 1.165) is 33.7 Å². The molecule has 2 heterocycles. The summed E-state index contributed by atoms with van der Waals surface area (Å²) < 4.78 is 5.36. The summed E-state index contributed by atoms with van der Waals surface area (Å²) in [4.78, 5) is 20.9. The first kappa shape index (κ1) is 17.1. The van der Waals surface area contributed by atoms with Crippen LogP contribution in [-0.4, -0.2) is 34.6 Å². The van der Waals surface area contributed by atoms with Gasteiger partial charge in [0.25, 0.3) is 5.91 Å². The van der Waals surface area contributed by atoms with Crippen LogP contribution in [0.4, 0.5) is 10.8 Å². The Hall–Kier alpha value is -2.32. The van der Waals surface area contributed by atoms with E-state index in [0.29, 0.717) is 18.2 Å². The zero-order chi connectivity index (χ0) is 17.9. The average molecular weight is 386 g/mol. The van der Waals surface area contributed by atoms with Crippen molar-refractivity contribution in [2.75, 3.05) is 11.9 Å². The van der Waals surface area contributed by atoms with E-state index in [-0.39, 0.29) is 11.9 Å². The fourth-order valence-corrected chi connectivity index (χ4v) is 4.48. The lowest BCUT2D eigenvalue weighted by atomic mass is 9.79. The lowest BCUT2D eigenvalue weighted by Gasteiger charge is -2.33. The molecule has 1 atom stereocenters. The molecule has 1 fully saturated rings. The van der Waals surface area contributed by atoms with Gasteiger partial charge in [0.1, 0.15) is 5.69 Å². The van der Waals surface area contributed by atoms with Crippen molar-refractivity contribution in [1.82, 2.24) is 14.7 Å². The Morgan fingerprint density at radius 1 is 1.42 bits per heavy atom. The van der Waals surface area contributed by atoms with Gasteiger partial charge in [-0.15, -0.1) is 11.3 Å². The number of carbonyl (C=O) groups is 1. The SMILES string of the molecule is C=NC[C@@H](NC(=O)c1nsc2cc(Nc3nccs3)ccc12)C1CCC1. The number of benzene rings is 1. The molecule has 0 bridgehead atoms. The summed E-state index contributed by atoms with van der Waals surface area (Å²) in [6.45, 7) is 4.13. The number of hydrogen-bond acceptors (Lipinski definition) is 7. The Bertz CT molecular complexity index is 917. The Labute approximate surface area is 159 Å². The van der Waals surface area contributed by atoms with E-state index in [9.17, 15) is 4.79 Å². The van der Waals surface area contributed by atoms with Crippen molar-refractivity contribution in [3.8, 4) is 0 Å². The van der Waals surface area contributed by atoms with Crippen LogP contribution in [0.25, 0.3) is 10.1 Å². The van der Waals surface area contributed by atoms with E-state index in [1.165, 1.54) is 18.0 Å². The van der Waals surface area contributed by atoms with Crippen LogP contribution in [-0.2, 0) is 0 Å². The van der Waals surface area contributed by atoms with Gasteiger partial charge in [-0.25, -0.2) is 4.98 Å². The van der Waals surface area contributed by atoms with Gasteiger partial charge in [-0.3, -0.25) is 9.79 Å². The van der Waals surface area contributed by atoms with Gasteiger partial charge in [0, 0.05) is 22.7 Å². The van der Waals surface area contributed by atoms with Crippen molar-refractivity contribution >= 4 is 56.4 Å². The summed E-state index contributed by atoms with van der Waals surface area (Å²) in [5, 5.41) is 10.0. The Morgan fingerprint density at radius 3 is 3.00 bits per heavy atom. The number of thiazole rings is 1. The fraction of sp³-hybridized carbons (Fsp3) is 0.333. The summed E-state index contributed by atoms with van der Waals surface area (Å²) >= 11 is 2.88. The van der Waals surface area contributed by atoms with Crippen LogP contribution in [0.3, 0.4) is 0 Å². The topological polar surface area (TPSA) is 79.3 Å². The van der Waals surface area contributed by atoms with Gasteiger partial charge in [-0.2, -0.15) is 4.37 Å². The molecular weight excluding hydrogens is 366 g/mol. The molecule has 2 aromatic heterocycles. The van der Waals surface area contributed by atoms with E-state index in [1.807, 2.05) is 23.6 Å². The minimum atomic E-state index is -0.127. The van der Waals surface area contributed by atoms with Gasteiger partial charge in [-0.05, 0) is 55.2 Å². The van der Waals surface area contributed by atoms with Crippen LogP contribution < -0.4 is 10.6 Å². The second-order valence-electron chi connectivity index (χ2n) is 6.38. The number of carbonyl (C=O) groups excluding carboxylic acids is 1. The van der Waals surface area contributed by atoms with Crippen molar-refractivity contribution in [3.05, 3.63) is 35.5 Å². The molecule has 1 aliphatic rings. The van der Waals surface area contributed by atoms with E-state index in [4.69, 9.17) is 0 Å².